The van der Waals surface area contributed by atoms with Gasteiger partial charge in [-0.2, -0.15) is 8.78 Å². The minimum atomic E-state index is -3.78. The second-order valence-corrected chi connectivity index (χ2v) is 3.26. The highest BCUT2D eigenvalue weighted by Crippen LogP contribution is 2.32. The summed E-state index contributed by atoms with van der Waals surface area (Å²) in [6, 6.07) is 1.39. The third-order valence-electron chi connectivity index (χ3n) is 2.18. The summed E-state index contributed by atoms with van der Waals surface area (Å²) in [4.78, 5) is 21.1. The first kappa shape index (κ1) is 11.4. The molecule has 90 valence electrons. The maximum Gasteiger partial charge on any atom is 0.385 e. The molecule has 2 rings (SSSR count). The summed E-state index contributed by atoms with van der Waals surface area (Å²) in [5.74, 6) is -5.39. The number of aromatic nitrogens is 3. The second kappa shape index (κ2) is 4.08. The van der Waals surface area contributed by atoms with Crippen molar-refractivity contribution < 1.29 is 18.3 Å². The molecule has 0 fully saturated rings. The smallest absolute Gasteiger partial charge is 0.385 e. The van der Waals surface area contributed by atoms with Gasteiger partial charge in [-0.3, -0.25) is 0 Å². The molecule has 1 N–H and O–H groups in total. The Kier molecular flexibility index (Phi) is 2.74. The Morgan fingerprint density at radius 2 is 2.29 bits per heavy atom. The highest BCUT2D eigenvalue weighted by atomic mass is 19.3. The Bertz CT molecular complexity index is 553. The van der Waals surface area contributed by atoms with Gasteiger partial charge >= 0.3 is 11.9 Å². The molecular weight excluding hydrogens is 232 g/mol. The zero-order valence-electron chi connectivity index (χ0n) is 8.91. The number of alkyl halides is 2. The van der Waals surface area contributed by atoms with Gasteiger partial charge in [0.2, 0.25) is 0 Å². The first-order chi connectivity index (χ1) is 8.07. The summed E-state index contributed by atoms with van der Waals surface area (Å²) >= 11 is 0. The van der Waals surface area contributed by atoms with Crippen molar-refractivity contribution in [3.8, 4) is 0 Å². The van der Waals surface area contributed by atoms with Crippen LogP contribution in [-0.2, 0) is 15.5 Å². The summed E-state index contributed by atoms with van der Waals surface area (Å²) in [6.07, 6.45) is 2.42. The van der Waals surface area contributed by atoms with Gasteiger partial charge in [0.1, 0.15) is 17.7 Å². The van der Waals surface area contributed by atoms with Crippen molar-refractivity contribution in [3.05, 3.63) is 24.3 Å². The standard InChI is InChI=1S/C10H9F2N3O2/c1-2-17-9(16)10(11,12)7-6-3-4-13-8(6)15-5-14-7/h3-5H,2H2,1H3,(H,13,14,15). The number of rotatable bonds is 3. The molecule has 5 nitrogen and oxygen atoms in total. The van der Waals surface area contributed by atoms with Crippen LogP contribution in [0.3, 0.4) is 0 Å². The molecule has 0 atom stereocenters. The zero-order chi connectivity index (χ0) is 12.5. The molecule has 0 aliphatic heterocycles. The van der Waals surface area contributed by atoms with Crippen LogP contribution in [0.5, 0.6) is 0 Å². The number of nitrogens with zero attached hydrogens (tertiary/aromatic N) is 2. The SMILES string of the molecule is CCOC(=O)C(F)(F)c1ncnc2[nH]ccc12. The van der Waals surface area contributed by atoms with E-state index in [1.165, 1.54) is 19.2 Å². The fourth-order valence-corrected chi connectivity index (χ4v) is 1.44. The molecule has 0 spiro atoms. The lowest BCUT2D eigenvalue weighted by atomic mass is 10.1. The number of hydrogen-bond donors (Lipinski definition) is 1. The summed E-state index contributed by atoms with van der Waals surface area (Å²) < 4.78 is 31.9. The van der Waals surface area contributed by atoms with Crippen molar-refractivity contribution in [3.63, 3.8) is 0 Å². The minimum absolute atomic E-state index is 0.102. The Balaban J connectivity index is 2.51. The van der Waals surface area contributed by atoms with E-state index in [4.69, 9.17) is 0 Å². The van der Waals surface area contributed by atoms with E-state index in [2.05, 4.69) is 19.7 Å². The van der Waals surface area contributed by atoms with E-state index in [0.717, 1.165) is 6.33 Å². The molecule has 0 bridgehead atoms. The zero-order valence-corrected chi connectivity index (χ0v) is 8.91. The van der Waals surface area contributed by atoms with Gasteiger partial charge in [-0.05, 0) is 13.0 Å². The summed E-state index contributed by atoms with van der Waals surface area (Å²) in [6.45, 7) is 1.34. The van der Waals surface area contributed by atoms with Crippen molar-refractivity contribution in [2.24, 2.45) is 0 Å². The van der Waals surface area contributed by atoms with Crippen molar-refractivity contribution in [2.75, 3.05) is 6.61 Å². The number of carbonyl (C=O) groups excluding carboxylic acids is 1. The van der Waals surface area contributed by atoms with Crippen LogP contribution in [0.2, 0.25) is 0 Å². The molecule has 0 radical (unpaired) electrons. The Hall–Kier alpha value is -2.05. The van der Waals surface area contributed by atoms with E-state index in [9.17, 15) is 13.6 Å². The van der Waals surface area contributed by atoms with E-state index in [0.29, 0.717) is 0 Å². The van der Waals surface area contributed by atoms with Gasteiger partial charge in [0.05, 0.1) is 6.61 Å². The van der Waals surface area contributed by atoms with Crippen molar-refractivity contribution in [1.82, 2.24) is 15.0 Å². The fourth-order valence-electron chi connectivity index (χ4n) is 1.44. The van der Waals surface area contributed by atoms with E-state index in [1.807, 2.05) is 0 Å². The van der Waals surface area contributed by atoms with Crippen LogP contribution in [0.1, 0.15) is 12.6 Å². The first-order valence-electron chi connectivity index (χ1n) is 4.91. The molecule has 2 aromatic rings. The Morgan fingerprint density at radius 1 is 1.53 bits per heavy atom. The number of nitrogens with one attached hydrogen (secondary N) is 1. The number of fused-ring (bicyclic) bond motifs is 1. The predicted molar refractivity (Wildman–Crippen MR) is 54.4 cm³/mol. The van der Waals surface area contributed by atoms with Crippen molar-refractivity contribution in [2.45, 2.75) is 12.8 Å². The summed E-state index contributed by atoms with van der Waals surface area (Å²) in [5, 5.41) is 0.102. The lowest BCUT2D eigenvalue weighted by Gasteiger charge is -2.14. The van der Waals surface area contributed by atoms with E-state index < -0.39 is 17.6 Å². The molecule has 0 aliphatic carbocycles. The molecule has 0 amide bonds. The predicted octanol–water partition coefficient (Wildman–Crippen LogP) is 1.61. The van der Waals surface area contributed by atoms with Gasteiger partial charge in [0.15, 0.2) is 0 Å². The third kappa shape index (κ3) is 1.83. The molecule has 7 heteroatoms. The average Bonchev–Trinajstić information content (AvgIpc) is 2.76. The number of H-pyrrole nitrogens is 1. The van der Waals surface area contributed by atoms with Crippen LogP contribution >= 0.6 is 0 Å². The summed E-state index contributed by atoms with van der Waals surface area (Å²) in [5.41, 5.74) is -0.402. The number of carbonyl (C=O) groups is 1. The third-order valence-corrected chi connectivity index (χ3v) is 2.18. The van der Waals surface area contributed by atoms with E-state index in [-0.39, 0.29) is 17.6 Å². The molecule has 17 heavy (non-hydrogen) atoms. The number of ether oxygens (including phenoxy) is 1. The van der Waals surface area contributed by atoms with Crippen LogP contribution in [0.25, 0.3) is 11.0 Å². The van der Waals surface area contributed by atoms with Crippen LogP contribution in [-0.4, -0.2) is 27.5 Å². The van der Waals surface area contributed by atoms with Gasteiger partial charge in [0.25, 0.3) is 0 Å². The molecule has 0 saturated carbocycles. The molecule has 0 aromatic carbocycles. The van der Waals surface area contributed by atoms with Crippen LogP contribution in [0, 0.1) is 0 Å². The topological polar surface area (TPSA) is 67.9 Å². The average molecular weight is 241 g/mol. The molecule has 0 saturated heterocycles. The van der Waals surface area contributed by atoms with E-state index >= 15 is 0 Å². The molecule has 0 unspecified atom stereocenters. The molecule has 2 aromatic heterocycles. The minimum Gasteiger partial charge on any atom is -0.461 e. The van der Waals surface area contributed by atoms with E-state index in [1.54, 1.807) is 0 Å². The van der Waals surface area contributed by atoms with Crippen LogP contribution < -0.4 is 0 Å². The Labute approximate surface area is 94.8 Å². The monoisotopic (exact) mass is 241 g/mol. The van der Waals surface area contributed by atoms with Crippen molar-refractivity contribution >= 4 is 17.0 Å². The number of halogens is 2. The number of aromatic amines is 1. The number of esters is 1. The largest absolute Gasteiger partial charge is 0.461 e. The summed E-state index contributed by atoms with van der Waals surface area (Å²) in [7, 11) is 0. The normalized spacial score (nSPS) is 11.7. The maximum atomic E-state index is 13.8. The van der Waals surface area contributed by atoms with Gasteiger partial charge < -0.3 is 9.72 Å². The fraction of sp³-hybridized carbons (Fsp3) is 0.300. The molecule has 0 aliphatic rings. The van der Waals surface area contributed by atoms with Gasteiger partial charge in [-0.1, -0.05) is 0 Å². The lowest BCUT2D eigenvalue weighted by Crippen LogP contribution is -2.29. The molecular formula is C10H9F2N3O2. The Morgan fingerprint density at radius 3 is 3.00 bits per heavy atom. The highest BCUT2D eigenvalue weighted by molar-refractivity contribution is 5.87. The van der Waals surface area contributed by atoms with Gasteiger partial charge in [0, 0.05) is 11.6 Å². The maximum absolute atomic E-state index is 13.8. The van der Waals surface area contributed by atoms with Gasteiger partial charge in [-0.15, -0.1) is 0 Å². The first-order valence-corrected chi connectivity index (χ1v) is 4.91. The highest BCUT2D eigenvalue weighted by Gasteiger charge is 2.45. The quantitative estimate of drug-likeness (QED) is 0.829. The number of hydrogen-bond acceptors (Lipinski definition) is 4. The van der Waals surface area contributed by atoms with Crippen molar-refractivity contribution in [1.29, 1.82) is 0 Å². The molecule has 2 heterocycles. The van der Waals surface area contributed by atoms with Gasteiger partial charge in [-0.25, -0.2) is 14.8 Å². The second-order valence-electron chi connectivity index (χ2n) is 3.26. The van der Waals surface area contributed by atoms with Crippen LogP contribution in [0.15, 0.2) is 18.6 Å². The van der Waals surface area contributed by atoms with Crippen LogP contribution in [0.4, 0.5) is 8.78 Å². The lowest BCUT2D eigenvalue weighted by molar-refractivity contribution is -0.173.